The summed E-state index contributed by atoms with van der Waals surface area (Å²) < 4.78 is 5.08. The zero-order valence-electron chi connectivity index (χ0n) is 12.7. The maximum absolute atomic E-state index is 12.2. The van der Waals surface area contributed by atoms with Gasteiger partial charge < -0.3 is 19.6 Å². The highest BCUT2D eigenvalue weighted by atomic mass is 16.5. The van der Waals surface area contributed by atoms with E-state index in [1.165, 1.54) is 6.20 Å². The van der Waals surface area contributed by atoms with Crippen molar-refractivity contribution in [1.82, 2.24) is 9.97 Å². The number of anilines is 1. The van der Waals surface area contributed by atoms with Crippen LogP contribution in [0.1, 0.15) is 17.3 Å². The molecular weight excluding hydrogens is 282 g/mol. The Labute approximate surface area is 126 Å². The van der Waals surface area contributed by atoms with Gasteiger partial charge in [-0.2, -0.15) is 0 Å². The van der Waals surface area contributed by atoms with Crippen LogP contribution in [-0.2, 0) is 4.74 Å². The molecule has 2 heterocycles. The van der Waals surface area contributed by atoms with Crippen LogP contribution in [0.4, 0.5) is 5.69 Å². The van der Waals surface area contributed by atoms with E-state index in [1.807, 2.05) is 37.2 Å². The molecule has 0 fully saturated rings. The van der Waals surface area contributed by atoms with Gasteiger partial charge in [0.05, 0.1) is 12.2 Å². The summed E-state index contributed by atoms with van der Waals surface area (Å²) in [5.74, 6) is -0.434. The Hall–Kier alpha value is -2.76. The maximum atomic E-state index is 12.2. The Morgan fingerprint density at radius 1 is 1.32 bits per heavy atom. The van der Waals surface area contributed by atoms with Crippen LogP contribution in [0.15, 0.2) is 29.2 Å². The number of rotatable bonds is 3. The Bertz CT molecular complexity index is 921. The third kappa shape index (κ3) is 2.13. The van der Waals surface area contributed by atoms with Gasteiger partial charge in [0.15, 0.2) is 0 Å². The Kier molecular flexibility index (Phi) is 3.36. The van der Waals surface area contributed by atoms with E-state index in [0.717, 1.165) is 11.1 Å². The number of benzene rings is 1. The highest BCUT2D eigenvalue weighted by Crippen LogP contribution is 2.28. The molecule has 0 atom stereocenters. The summed E-state index contributed by atoms with van der Waals surface area (Å²) in [5.41, 5.74) is 2.18. The molecule has 1 aromatic carbocycles. The molecule has 0 saturated heterocycles. The summed E-state index contributed by atoms with van der Waals surface area (Å²) in [6.07, 6.45) is 1.53. The van der Waals surface area contributed by atoms with Crippen LogP contribution in [0.3, 0.4) is 0 Å². The van der Waals surface area contributed by atoms with Gasteiger partial charge in [-0.25, -0.2) is 4.79 Å². The fraction of sp³-hybridized carbons (Fsp3) is 0.250. The van der Waals surface area contributed by atoms with Gasteiger partial charge in [-0.1, -0.05) is 0 Å². The molecule has 2 aromatic heterocycles. The first-order chi connectivity index (χ1) is 10.5. The fourth-order valence-electron chi connectivity index (χ4n) is 2.56. The number of hydrogen-bond donors (Lipinski definition) is 2. The smallest absolute Gasteiger partial charge is 0.340 e. The number of nitrogens with one attached hydrogen (secondary N) is 2. The highest BCUT2D eigenvalue weighted by molar-refractivity contribution is 6.15. The topological polar surface area (TPSA) is 78.2 Å². The van der Waals surface area contributed by atoms with Crippen molar-refractivity contribution in [2.75, 3.05) is 25.6 Å². The van der Waals surface area contributed by atoms with Crippen LogP contribution < -0.4 is 10.5 Å². The van der Waals surface area contributed by atoms with Crippen molar-refractivity contribution in [3.63, 3.8) is 0 Å². The second-order valence-corrected chi connectivity index (χ2v) is 5.25. The van der Waals surface area contributed by atoms with Crippen molar-refractivity contribution in [3.05, 3.63) is 40.3 Å². The third-order valence-corrected chi connectivity index (χ3v) is 3.64. The van der Waals surface area contributed by atoms with Crippen molar-refractivity contribution in [3.8, 4) is 0 Å². The zero-order chi connectivity index (χ0) is 15.9. The quantitative estimate of drug-likeness (QED) is 0.727. The molecule has 0 bridgehead atoms. The van der Waals surface area contributed by atoms with Crippen LogP contribution in [0.5, 0.6) is 0 Å². The average Bonchev–Trinajstić information content (AvgIpc) is 2.93. The molecule has 2 N–H and O–H groups in total. The minimum Gasteiger partial charge on any atom is -0.462 e. The van der Waals surface area contributed by atoms with Gasteiger partial charge in [-0.05, 0) is 25.1 Å². The molecule has 0 aliphatic carbocycles. The molecule has 6 heteroatoms. The number of nitrogens with zero attached hydrogens (tertiary/aromatic N) is 1. The summed E-state index contributed by atoms with van der Waals surface area (Å²) in [4.78, 5) is 32.0. The molecular formula is C16H17N3O3. The minimum atomic E-state index is -0.434. The van der Waals surface area contributed by atoms with Gasteiger partial charge in [0.1, 0.15) is 5.52 Å². The molecule has 6 nitrogen and oxygen atoms in total. The summed E-state index contributed by atoms with van der Waals surface area (Å²) in [6.45, 7) is 2.04. The molecule has 0 amide bonds. The number of hydrogen-bond acceptors (Lipinski definition) is 4. The Morgan fingerprint density at radius 3 is 2.77 bits per heavy atom. The number of carbonyl (C=O) groups excluding carboxylic acids is 1. The first kappa shape index (κ1) is 14.2. The largest absolute Gasteiger partial charge is 0.462 e. The molecule has 0 spiro atoms. The number of esters is 1. The molecule has 0 radical (unpaired) electrons. The Morgan fingerprint density at radius 2 is 2.09 bits per heavy atom. The lowest BCUT2D eigenvalue weighted by atomic mass is 10.1. The van der Waals surface area contributed by atoms with Crippen molar-refractivity contribution >= 4 is 33.5 Å². The van der Waals surface area contributed by atoms with E-state index in [4.69, 9.17) is 4.74 Å². The summed E-state index contributed by atoms with van der Waals surface area (Å²) in [5, 5.41) is 1.41. The van der Waals surface area contributed by atoms with Crippen LogP contribution in [0.25, 0.3) is 21.8 Å². The lowest BCUT2D eigenvalue weighted by Gasteiger charge is -2.13. The SMILES string of the molecule is CCOC(=O)c1c[nH]c2c(=O)[nH]c3ccc(N(C)C)cc3c12. The van der Waals surface area contributed by atoms with E-state index in [9.17, 15) is 9.59 Å². The normalized spacial score (nSPS) is 11.0. The number of ether oxygens (including phenoxy) is 1. The molecule has 0 saturated carbocycles. The van der Waals surface area contributed by atoms with Crippen LogP contribution >= 0.6 is 0 Å². The predicted octanol–water partition coefficient (Wildman–Crippen LogP) is 2.25. The third-order valence-electron chi connectivity index (χ3n) is 3.64. The molecule has 3 aromatic rings. The number of aromatic nitrogens is 2. The van der Waals surface area contributed by atoms with Gasteiger partial charge in [-0.15, -0.1) is 0 Å². The molecule has 0 aliphatic heterocycles. The van der Waals surface area contributed by atoms with Gasteiger partial charge in [0.25, 0.3) is 5.56 Å². The fourth-order valence-corrected chi connectivity index (χ4v) is 2.56. The summed E-state index contributed by atoms with van der Waals surface area (Å²) in [6, 6.07) is 5.71. The molecule has 114 valence electrons. The average molecular weight is 299 g/mol. The van der Waals surface area contributed by atoms with E-state index >= 15 is 0 Å². The van der Waals surface area contributed by atoms with E-state index in [-0.39, 0.29) is 12.2 Å². The van der Waals surface area contributed by atoms with Gasteiger partial charge in [-0.3, -0.25) is 4.79 Å². The van der Waals surface area contributed by atoms with Gasteiger partial charge in [0.2, 0.25) is 0 Å². The second-order valence-electron chi connectivity index (χ2n) is 5.25. The first-order valence-corrected chi connectivity index (χ1v) is 7.04. The number of fused-ring (bicyclic) bond motifs is 3. The lowest BCUT2D eigenvalue weighted by molar-refractivity contribution is 0.0529. The molecule has 22 heavy (non-hydrogen) atoms. The number of pyridine rings is 1. The van der Waals surface area contributed by atoms with Crippen LogP contribution in [0.2, 0.25) is 0 Å². The van der Waals surface area contributed by atoms with E-state index in [1.54, 1.807) is 6.92 Å². The predicted molar refractivity (Wildman–Crippen MR) is 86.7 cm³/mol. The van der Waals surface area contributed by atoms with Crippen molar-refractivity contribution in [1.29, 1.82) is 0 Å². The highest BCUT2D eigenvalue weighted by Gasteiger charge is 2.18. The lowest BCUT2D eigenvalue weighted by Crippen LogP contribution is -2.10. The van der Waals surface area contributed by atoms with E-state index in [2.05, 4.69) is 9.97 Å². The van der Waals surface area contributed by atoms with Crippen molar-refractivity contribution in [2.45, 2.75) is 6.92 Å². The number of aromatic amines is 2. The van der Waals surface area contributed by atoms with Gasteiger partial charge >= 0.3 is 5.97 Å². The number of carbonyl (C=O) groups is 1. The summed E-state index contributed by atoms with van der Waals surface area (Å²) >= 11 is 0. The molecule has 0 aliphatic rings. The Balaban J connectivity index is 2.40. The molecule has 0 unspecified atom stereocenters. The maximum Gasteiger partial charge on any atom is 0.340 e. The number of H-pyrrole nitrogens is 2. The van der Waals surface area contributed by atoms with E-state index < -0.39 is 5.97 Å². The first-order valence-electron chi connectivity index (χ1n) is 7.04. The minimum absolute atomic E-state index is 0.254. The summed E-state index contributed by atoms with van der Waals surface area (Å²) in [7, 11) is 3.88. The molecule has 3 rings (SSSR count). The van der Waals surface area contributed by atoms with Gasteiger partial charge in [0, 0.05) is 42.3 Å². The second kappa shape index (κ2) is 5.22. The zero-order valence-corrected chi connectivity index (χ0v) is 12.7. The monoisotopic (exact) mass is 299 g/mol. The standard InChI is InChI=1S/C16H17N3O3/c1-4-22-16(21)11-8-17-14-13(11)10-7-9(19(2)3)5-6-12(10)18-15(14)20/h5-8,17H,4H2,1-3H3,(H,18,20). The van der Waals surface area contributed by atoms with Crippen LogP contribution in [0, 0.1) is 0 Å². The van der Waals surface area contributed by atoms with Crippen molar-refractivity contribution in [2.24, 2.45) is 0 Å². The van der Waals surface area contributed by atoms with Crippen molar-refractivity contribution < 1.29 is 9.53 Å². The van der Waals surface area contributed by atoms with E-state index in [0.29, 0.717) is 22.0 Å². The van der Waals surface area contributed by atoms with Crippen LogP contribution in [-0.4, -0.2) is 36.6 Å².